The smallest absolute Gasteiger partial charge is 0.00139 e. The first-order valence-electron chi connectivity index (χ1n) is 14.4. The fourth-order valence-corrected chi connectivity index (χ4v) is 7.29. The number of hydrogen-bond acceptors (Lipinski definition) is 0. The minimum Gasteiger partial charge on any atom is -0.0795 e. The molecule has 9 rings (SSSR count). The van der Waals surface area contributed by atoms with E-state index in [1.54, 1.807) is 0 Å². The normalized spacial score (nSPS) is 12.7. The van der Waals surface area contributed by atoms with Crippen molar-refractivity contribution in [2.24, 2.45) is 0 Å². The van der Waals surface area contributed by atoms with Crippen LogP contribution in [0.4, 0.5) is 0 Å². The third-order valence-corrected chi connectivity index (χ3v) is 8.99. The van der Waals surface area contributed by atoms with E-state index in [1.807, 2.05) is 0 Å². The zero-order chi connectivity index (χ0) is 26.9. The molecule has 8 aromatic carbocycles. The van der Waals surface area contributed by atoms with Crippen molar-refractivity contribution in [2.75, 3.05) is 0 Å². The molecule has 0 aliphatic heterocycles. The maximum atomic E-state index is 2.45. The highest BCUT2D eigenvalue weighted by molar-refractivity contribution is 6.29. The molecule has 8 aromatic rings. The Morgan fingerprint density at radius 3 is 1.93 bits per heavy atom. The van der Waals surface area contributed by atoms with Gasteiger partial charge in [-0.1, -0.05) is 140 Å². The van der Waals surface area contributed by atoms with E-state index >= 15 is 0 Å². The molecular weight excluding hydrogens is 492 g/mol. The van der Waals surface area contributed by atoms with Gasteiger partial charge in [0.05, 0.1) is 0 Å². The van der Waals surface area contributed by atoms with Crippen molar-refractivity contribution in [3.8, 4) is 22.3 Å². The highest BCUT2D eigenvalue weighted by Gasteiger charge is 2.21. The van der Waals surface area contributed by atoms with Gasteiger partial charge in [0.1, 0.15) is 0 Å². The van der Waals surface area contributed by atoms with Crippen molar-refractivity contribution < 1.29 is 0 Å². The molecule has 1 aliphatic rings. The molecule has 0 unspecified atom stereocenters. The number of allylic oxidation sites excluding steroid dienone is 1. The molecule has 0 heterocycles. The van der Waals surface area contributed by atoms with E-state index in [2.05, 4.69) is 146 Å². The Labute approximate surface area is 238 Å². The Morgan fingerprint density at radius 2 is 1.07 bits per heavy atom. The summed E-state index contributed by atoms with van der Waals surface area (Å²) in [6.45, 7) is 0. The van der Waals surface area contributed by atoms with Crippen LogP contribution in [-0.2, 0) is 6.42 Å². The molecule has 190 valence electrons. The van der Waals surface area contributed by atoms with Gasteiger partial charge in [-0.25, -0.2) is 0 Å². The lowest BCUT2D eigenvalue weighted by Gasteiger charge is -2.21. The van der Waals surface area contributed by atoms with Crippen LogP contribution in [0, 0.1) is 0 Å². The lowest BCUT2D eigenvalue weighted by atomic mass is 9.81. The van der Waals surface area contributed by atoms with Crippen molar-refractivity contribution in [3.05, 3.63) is 151 Å². The predicted octanol–water partition coefficient (Wildman–Crippen LogP) is 11.4. The van der Waals surface area contributed by atoms with Gasteiger partial charge in [-0.3, -0.25) is 0 Å². The molecule has 0 N–H and O–H groups in total. The molecule has 41 heavy (non-hydrogen) atoms. The summed E-state index contributed by atoms with van der Waals surface area (Å²) in [6, 6.07) is 49.6. The first-order valence-corrected chi connectivity index (χ1v) is 14.4. The lowest BCUT2D eigenvalue weighted by molar-refractivity contribution is 1.29. The Kier molecular flexibility index (Phi) is 4.77. The number of rotatable bonds is 2. The van der Waals surface area contributed by atoms with E-state index in [0.717, 1.165) is 6.42 Å². The van der Waals surface area contributed by atoms with Crippen LogP contribution in [0.1, 0.15) is 11.1 Å². The second-order valence-electron chi connectivity index (χ2n) is 11.2. The highest BCUT2D eigenvalue weighted by atomic mass is 14.2. The van der Waals surface area contributed by atoms with Gasteiger partial charge in [-0.15, -0.1) is 0 Å². The fraction of sp³-hybridized carbons (Fsp3) is 0.0244. The number of hydrogen-bond donors (Lipinski definition) is 0. The van der Waals surface area contributed by atoms with Crippen molar-refractivity contribution in [1.82, 2.24) is 0 Å². The molecule has 0 spiro atoms. The largest absolute Gasteiger partial charge is 0.0795 e. The van der Waals surface area contributed by atoms with E-state index < -0.39 is 0 Å². The summed E-state index contributed by atoms with van der Waals surface area (Å²) in [4.78, 5) is 0. The Bertz CT molecular complexity index is 2380. The third kappa shape index (κ3) is 3.28. The average molecular weight is 519 g/mol. The molecule has 0 atom stereocenters. The molecule has 1 aliphatic carbocycles. The van der Waals surface area contributed by atoms with Crippen LogP contribution in [0.25, 0.3) is 82.2 Å². The highest BCUT2D eigenvalue weighted by Crippen LogP contribution is 2.48. The maximum absolute atomic E-state index is 2.45. The van der Waals surface area contributed by atoms with Gasteiger partial charge >= 0.3 is 0 Å². The fourth-order valence-electron chi connectivity index (χ4n) is 7.29. The minimum absolute atomic E-state index is 0.967. The molecule has 0 bridgehead atoms. The van der Waals surface area contributed by atoms with Crippen LogP contribution in [0.2, 0.25) is 0 Å². The Hall–Kier alpha value is -5.20. The van der Waals surface area contributed by atoms with Crippen molar-refractivity contribution in [1.29, 1.82) is 0 Å². The monoisotopic (exact) mass is 518 g/mol. The minimum atomic E-state index is 0.967. The topological polar surface area (TPSA) is 0 Å². The van der Waals surface area contributed by atoms with Crippen LogP contribution in [-0.4, -0.2) is 0 Å². The van der Waals surface area contributed by atoms with E-state index in [9.17, 15) is 0 Å². The zero-order valence-corrected chi connectivity index (χ0v) is 22.6. The molecule has 0 aromatic heterocycles. The average Bonchev–Trinajstić information content (AvgIpc) is 3.03. The van der Waals surface area contributed by atoms with Gasteiger partial charge in [0, 0.05) is 0 Å². The summed E-state index contributed by atoms with van der Waals surface area (Å²) in [5.74, 6) is 0. The molecular formula is C41H26. The lowest BCUT2D eigenvalue weighted by Crippen LogP contribution is -1.96. The van der Waals surface area contributed by atoms with Crippen molar-refractivity contribution in [2.45, 2.75) is 6.42 Å². The summed E-state index contributed by atoms with van der Waals surface area (Å²) < 4.78 is 0. The first kappa shape index (κ1) is 22.6. The molecule has 0 amide bonds. The molecule has 0 fully saturated rings. The van der Waals surface area contributed by atoms with Crippen LogP contribution in [0.15, 0.2) is 140 Å². The molecule has 0 radical (unpaired) electrons. The Morgan fingerprint density at radius 1 is 0.415 bits per heavy atom. The molecule has 0 nitrogen and oxygen atoms in total. The molecule has 0 saturated heterocycles. The first-order chi connectivity index (χ1) is 20.3. The van der Waals surface area contributed by atoms with Crippen LogP contribution in [0.5, 0.6) is 0 Å². The third-order valence-electron chi connectivity index (χ3n) is 8.99. The SMILES string of the molecule is C1=Cc2cccc3cc(-c4c5ccccc5c(-c5cccc6ccccc56)c5c4ccc4ccccc45)cc(c23)C1. The van der Waals surface area contributed by atoms with Gasteiger partial charge in [0.2, 0.25) is 0 Å². The second-order valence-corrected chi connectivity index (χ2v) is 11.2. The van der Waals surface area contributed by atoms with E-state index in [-0.39, 0.29) is 0 Å². The summed E-state index contributed by atoms with van der Waals surface area (Å²) in [5, 5.41) is 13.1. The number of benzene rings is 8. The Balaban J connectivity index is 1.51. The van der Waals surface area contributed by atoms with Crippen molar-refractivity contribution in [3.63, 3.8) is 0 Å². The summed E-state index contributed by atoms with van der Waals surface area (Å²) in [5.41, 5.74) is 7.95. The zero-order valence-electron chi connectivity index (χ0n) is 22.6. The van der Waals surface area contributed by atoms with E-state index in [0.29, 0.717) is 0 Å². The number of fused-ring (bicyclic) bond motifs is 5. The second kappa shape index (κ2) is 8.65. The summed E-state index contributed by atoms with van der Waals surface area (Å²) in [7, 11) is 0. The van der Waals surface area contributed by atoms with E-state index in [1.165, 1.54) is 87.2 Å². The van der Waals surface area contributed by atoms with Crippen molar-refractivity contribution >= 4 is 59.9 Å². The maximum Gasteiger partial charge on any atom is -0.00139 e. The summed E-state index contributed by atoms with van der Waals surface area (Å²) in [6.07, 6.45) is 5.54. The van der Waals surface area contributed by atoms with E-state index in [4.69, 9.17) is 0 Å². The standard InChI is InChI=1S/C41H26/c1-3-17-32-26(10-1)12-9-21-34(32)41-36-20-6-5-19-35(36)39(37-23-22-27-11-2-4-18-33(27)40(37)41)31-24-29-15-7-13-28-14-8-16-30(25-31)38(28)29/h1-15,17-25H,16H2. The van der Waals surface area contributed by atoms with Crippen LogP contribution >= 0.6 is 0 Å². The van der Waals surface area contributed by atoms with Crippen LogP contribution < -0.4 is 0 Å². The predicted molar refractivity (Wildman–Crippen MR) is 178 cm³/mol. The molecule has 0 heteroatoms. The molecule has 0 saturated carbocycles. The van der Waals surface area contributed by atoms with Gasteiger partial charge in [-0.05, 0) is 99.7 Å². The van der Waals surface area contributed by atoms with Gasteiger partial charge in [0.25, 0.3) is 0 Å². The quantitative estimate of drug-likeness (QED) is 0.158. The van der Waals surface area contributed by atoms with Gasteiger partial charge in [0.15, 0.2) is 0 Å². The van der Waals surface area contributed by atoms with Gasteiger partial charge in [-0.2, -0.15) is 0 Å². The summed E-state index contributed by atoms with van der Waals surface area (Å²) >= 11 is 0. The van der Waals surface area contributed by atoms with Crippen LogP contribution in [0.3, 0.4) is 0 Å². The van der Waals surface area contributed by atoms with Gasteiger partial charge < -0.3 is 0 Å².